The molecule has 1 aromatic carbocycles. The van der Waals surface area contributed by atoms with Crippen molar-refractivity contribution < 1.29 is 9.18 Å². The minimum Gasteiger partial charge on any atom is -0.296 e. The van der Waals surface area contributed by atoms with Crippen LogP contribution in [0.4, 0.5) is 10.2 Å². The maximum atomic E-state index is 13.6. The minimum absolute atomic E-state index is 0.200. The molecule has 0 radical (unpaired) electrons. The summed E-state index contributed by atoms with van der Waals surface area (Å²) in [5.41, 5.74) is 2.25. The Morgan fingerprint density at radius 3 is 2.30 bits per heavy atom. The molecule has 0 fully saturated rings. The van der Waals surface area contributed by atoms with E-state index in [1.165, 1.54) is 4.90 Å². The van der Waals surface area contributed by atoms with Crippen LogP contribution in [0.25, 0.3) is 0 Å². The number of carbonyl (C=O) groups is 1. The molecule has 0 unspecified atom stereocenters. The molecule has 0 bridgehead atoms. The quantitative estimate of drug-likeness (QED) is 0.839. The number of aromatic nitrogens is 1. The van der Waals surface area contributed by atoms with Gasteiger partial charge in [-0.25, -0.2) is 9.37 Å². The van der Waals surface area contributed by atoms with Crippen LogP contribution in [0.15, 0.2) is 30.3 Å². The number of anilines is 1. The number of pyridine rings is 1. The highest BCUT2D eigenvalue weighted by atomic mass is 19.1. The minimum atomic E-state index is -0.266. The van der Waals surface area contributed by atoms with Crippen molar-refractivity contribution in [3.8, 4) is 0 Å². The van der Waals surface area contributed by atoms with E-state index >= 15 is 0 Å². The Bertz CT molecular complexity index is 644. The molecule has 1 aromatic heterocycles. The second kappa shape index (κ2) is 5.41. The van der Waals surface area contributed by atoms with Crippen molar-refractivity contribution in [1.82, 2.24) is 4.98 Å². The van der Waals surface area contributed by atoms with Crippen molar-refractivity contribution in [1.29, 1.82) is 0 Å². The van der Waals surface area contributed by atoms with Crippen LogP contribution in [0, 0.1) is 26.6 Å². The predicted octanol–water partition coefficient (Wildman–Crippen LogP) is 3.42. The summed E-state index contributed by atoms with van der Waals surface area (Å²) in [7, 11) is 1.66. The Morgan fingerprint density at radius 2 is 1.75 bits per heavy atom. The SMILES string of the molecule is Cc1cccc(N(C)C(=O)c2cc(C)c(F)c(C)c2)n1. The fourth-order valence-electron chi connectivity index (χ4n) is 2.08. The number of aryl methyl sites for hydroxylation is 3. The van der Waals surface area contributed by atoms with E-state index < -0.39 is 0 Å². The van der Waals surface area contributed by atoms with Gasteiger partial charge in [-0.15, -0.1) is 0 Å². The molecule has 2 aromatic rings. The first kappa shape index (κ1) is 14.2. The first-order chi connectivity index (χ1) is 9.40. The number of halogens is 1. The zero-order valence-electron chi connectivity index (χ0n) is 12.1. The summed E-state index contributed by atoms with van der Waals surface area (Å²) in [5.74, 6) is 0.113. The van der Waals surface area contributed by atoms with Gasteiger partial charge in [0, 0.05) is 18.3 Å². The van der Waals surface area contributed by atoms with Gasteiger partial charge in [0.25, 0.3) is 5.91 Å². The predicted molar refractivity (Wildman–Crippen MR) is 77.6 cm³/mol. The van der Waals surface area contributed by atoms with Crippen molar-refractivity contribution in [3.05, 3.63) is 58.5 Å². The van der Waals surface area contributed by atoms with Gasteiger partial charge in [0.2, 0.25) is 0 Å². The third kappa shape index (κ3) is 2.69. The van der Waals surface area contributed by atoms with Gasteiger partial charge in [0.05, 0.1) is 0 Å². The van der Waals surface area contributed by atoms with Crippen molar-refractivity contribution in [3.63, 3.8) is 0 Å². The maximum absolute atomic E-state index is 13.6. The average molecular weight is 272 g/mol. The second-order valence-corrected chi connectivity index (χ2v) is 4.93. The molecule has 1 heterocycles. The van der Waals surface area contributed by atoms with Crippen LogP contribution < -0.4 is 4.90 Å². The number of hydrogen-bond acceptors (Lipinski definition) is 2. The van der Waals surface area contributed by atoms with Gasteiger partial charge in [-0.1, -0.05) is 6.07 Å². The highest BCUT2D eigenvalue weighted by molar-refractivity contribution is 6.05. The van der Waals surface area contributed by atoms with Gasteiger partial charge < -0.3 is 0 Å². The van der Waals surface area contributed by atoms with E-state index in [4.69, 9.17) is 0 Å². The summed E-state index contributed by atoms with van der Waals surface area (Å²) < 4.78 is 13.6. The molecule has 20 heavy (non-hydrogen) atoms. The summed E-state index contributed by atoms with van der Waals surface area (Å²) >= 11 is 0. The molecule has 0 atom stereocenters. The lowest BCUT2D eigenvalue weighted by atomic mass is 10.1. The number of carbonyl (C=O) groups excluding carboxylic acids is 1. The number of amides is 1. The fourth-order valence-corrected chi connectivity index (χ4v) is 2.08. The van der Waals surface area contributed by atoms with E-state index in [1.807, 2.05) is 19.1 Å². The number of nitrogens with zero attached hydrogens (tertiary/aromatic N) is 2. The van der Waals surface area contributed by atoms with Crippen LogP contribution in [0.3, 0.4) is 0 Å². The molecule has 0 saturated carbocycles. The van der Waals surface area contributed by atoms with Crippen molar-refractivity contribution in [2.24, 2.45) is 0 Å². The third-order valence-corrected chi connectivity index (χ3v) is 3.21. The van der Waals surface area contributed by atoms with E-state index in [2.05, 4.69) is 4.98 Å². The number of hydrogen-bond donors (Lipinski definition) is 0. The van der Waals surface area contributed by atoms with Gasteiger partial charge in [-0.3, -0.25) is 9.69 Å². The summed E-state index contributed by atoms with van der Waals surface area (Å²) in [6.07, 6.45) is 0. The van der Waals surface area contributed by atoms with E-state index in [-0.39, 0.29) is 11.7 Å². The zero-order valence-corrected chi connectivity index (χ0v) is 12.1. The zero-order chi connectivity index (χ0) is 14.9. The molecule has 0 aliphatic carbocycles. The molecular formula is C16H17FN2O. The molecule has 3 nitrogen and oxygen atoms in total. The molecule has 0 saturated heterocycles. The first-order valence-electron chi connectivity index (χ1n) is 6.38. The highest BCUT2D eigenvalue weighted by Gasteiger charge is 2.16. The van der Waals surface area contributed by atoms with Crippen molar-refractivity contribution in [2.45, 2.75) is 20.8 Å². The molecular weight excluding hydrogens is 255 g/mol. The van der Waals surface area contributed by atoms with Crippen LogP contribution in [0.1, 0.15) is 27.2 Å². The summed E-state index contributed by atoms with van der Waals surface area (Å²) in [6, 6.07) is 8.62. The Morgan fingerprint density at radius 1 is 1.15 bits per heavy atom. The summed E-state index contributed by atoms with van der Waals surface area (Å²) in [5, 5.41) is 0. The highest BCUT2D eigenvalue weighted by Crippen LogP contribution is 2.18. The Hall–Kier alpha value is -2.23. The molecule has 0 aliphatic heterocycles. The Kier molecular flexibility index (Phi) is 3.84. The molecule has 1 amide bonds. The van der Waals surface area contributed by atoms with Crippen LogP contribution >= 0.6 is 0 Å². The van der Waals surface area contributed by atoms with Crippen LogP contribution in [-0.4, -0.2) is 17.9 Å². The summed E-state index contributed by atoms with van der Waals surface area (Å²) in [6.45, 7) is 5.18. The normalized spacial score (nSPS) is 10.4. The van der Waals surface area contributed by atoms with E-state index in [0.29, 0.717) is 22.5 Å². The molecule has 4 heteroatoms. The smallest absolute Gasteiger partial charge is 0.259 e. The van der Waals surface area contributed by atoms with E-state index in [9.17, 15) is 9.18 Å². The molecule has 0 spiro atoms. The molecule has 2 rings (SSSR count). The van der Waals surface area contributed by atoms with Gasteiger partial charge >= 0.3 is 0 Å². The molecule has 0 aliphatic rings. The van der Waals surface area contributed by atoms with Gasteiger partial charge in [0.15, 0.2) is 0 Å². The average Bonchev–Trinajstić information content (AvgIpc) is 2.42. The Labute approximate surface area is 118 Å². The van der Waals surface area contributed by atoms with Gasteiger partial charge in [0.1, 0.15) is 11.6 Å². The van der Waals surface area contributed by atoms with E-state index in [0.717, 1.165) is 5.69 Å². The third-order valence-electron chi connectivity index (χ3n) is 3.21. The lowest BCUT2D eigenvalue weighted by molar-refractivity contribution is 0.0992. The van der Waals surface area contributed by atoms with Crippen molar-refractivity contribution >= 4 is 11.7 Å². The van der Waals surface area contributed by atoms with Gasteiger partial charge in [-0.2, -0.15) is 0 Å². The monoisotopic (exact) mass is 272 g/mol. The summed E-state index contributed by atoms with van der Waals surface area (Å²) in [4.78, 5) is 18.2. The lowest BCUT2D eigenvalue weighted by Gasteiger charge is -2.17. The number of rotatable bonds is 2. The fraction of sp³-hybridized carbons (Fsp3) is 0.250. The topological polar surface area (TPSA) is 33.2 Å². The second-order valence-electron chi connectivity index (χ2n) is 4.93. The van der Waals surface area contributed by atoms with Crippen molar-refractivity contribution in [2.75, 3.05) is 11.9 Å². The van der Waals surface area contributed by atoms with E-state index in [1.54, 1.807) is 39.1 Å². The Balaban J connectivity index is 2.36. The molecule has 104 valence electrons. The number of benzene rings is 1. The first-order valence-corrected chi connectivity index (χ1v) is 6.38. The lowest BCUT2D eigenvalue weighted by Crippen LogP contribution is -2.27. The maximum Gasteiger partial charge on any atom is 0.259 e. The van der Waals surface area contributed by atoms with Gasteiger partial charge in [-0.05, 0) is 56.2 Å². The van der Waals surface area contributed by atoms with Crippen LogP contribution in [-0.2, 0) is 0 Å². The molecule has 0 N–H and O–H groups in total. The van der Waals surface area contributed by atoms with Crippen LogP contribution in [0.5, 0.6) is 0 Å². The standard InChI is InChI=1S/C16H17FN2O/c1-10-8-13(9-11(2)15(10)17)16(20)19(4)14-7-5-6-12(3)18-14/h5-9H,1-4H3. The van der Waals surface area contributed by atoms with Crippen LogP contribution in [0.2, 0.25) is 0 Å². The largest absolute Gasteiger partial charge is 0.296 e.